The minimum Gasteiger partial charge on any atom is -0.304 e. The lowest BCUT2D eigenvalue weighted by atomic mass is 9.86. The Morgan fingerprint density at radius 2 is 1.65 bits per heavy atom. The highest BCUT2D eigenvalue weighted by atomic mass is 19.1. The van der Waals surface area contributed by atoms with Crippen LogP contribution in [-0.2, 0) is 5.41 Å². The Labute approximate surface area is 117 Å². The zero-order valence-electron chi connectivity index (χ0n) is 11.9. The largest absolute Gasteiger partial charge is 0.304 e. The van der Waals surface area contributed by atoms with Crippen molar-refractivity contribution in [2.24, 2.45) is 0 Å². The van der Waals surface area contributed by atoms with E-state index in [0.29, 0.717) is 0 Å². The average molecular weight is 268 g/mol. The molecule has 0 aliphatic heterocycles. The van der Waals surface area contributed by atoms with Gasteiger partial charge in [0.2, 0.25) is 0 Å². The van der Waals surface area contributed by atoms with Crippen LogP contribution in [0, 0.1) is 5.82 Å². The van der Waals surface area contributed by atoms with Crippen LogP contribution in [0.3, 0.4) is 0 Å². The monoisotopic (exact) mass is 268 g/mol. The lowest BCUT2D eigenvalue weighted by Crippen LogP contribution is -2.10. The second-order valence-corrected chi connectivity index (χ2v) is 6.07. The topological polar surface area (TPSA) is 17.3 Å². The van der Waals surface area contributed by atoms with E-state index in [1.54, 1.807) is 10.5 Å². The SMILES string of the molecule is CC(C)(C)c1ccc(-c2cn3cc(F)ccc3n2)cc1. The van der Waals surface area contributed by atoms with Gasteiger partial charge in [-0.3, -0.25) is 0 Å². The summed E-state index contributed by atoms with van der Waals surface area (Å²) in [6, 6.07) is 11.5. The first-order valence-electron chi connectivity index (χ1n) is 6.69. The Morgan fingerprint density at radius 1 is 0.950 bits per heavy atom. The van der Waals surface area contributed by atoms with E-state index in [1.807, 2.05) is 6.20 Å². The van der Waals surface area contributed by atoms with Crippen molar-refractivity contribution in [3.8, 4) is 11.3 Å². The van der Waals surface area contributed by atoms with E-state index in [0.717, 1.165) is 16.9 Å². The predicted octanol–water partition coefficient (Wildman–Crippen LogP) is 4.44. The van der Waals surface area contributed by atoms with Gasteiger partial charge in [-0.05, 0) is 23.1 Å². The van der Waals surface area contributed by atoms with Crippen molar-refractivity contribution in [2.45, 2.75) is 26.2 Å². The van der Waals surface area contributed by atoms with Crippen molar-refractivity contribution >= 4 is 5.65 Å². The summed E-state index contributed by atoms with van der Waals surface area (Å²) in [5.41, 5.74) is 4.08. The molecule has 0 atom stereocenters. The number of nitrogens with zero attached hydrogens (tertiary/aromatic N) is 2. The second kappa shape index (κ2) is 4.44. The minimum atomic E-state index is -0.260. The third-order valence-electron chi connectivity index (χ3n) is 3.46. The van der Waals surface area contributed by atoms with Crippen LogP contribution in [0.15, 0.2) is 48.8 Å². The molecule has 3 rings (SSSR count). The van der Waals surface area contributed by atoms with Gasteiger partial charge in [-0.1, -0.05) is 45.0 Å². The Kier molecular flexibility index (Phi) is 2.85. The van der Waals surface area contributed by atoms with Crippen LogP contribution in [0.25, 0.3) is 16.9 Å². The van der Waals surface area contributed by atoms with Crippen molar-refractivity contribution in [1.82, 2.24) is 9.38 Å². The van der Waals surface area contributed by atoms with Gasteiger partial charge in [-0.15, -0.1) is 0 Å². The smallest absolute Gasteiger partial charge is 0.139 e. The Balaban J connectivity index is 2.02. The fourth-order valence-corrected chi connectivity index (χ4v) is 2.24. The van der Waals surface area contributed by atoms with Gasteiger partial charge < -0.3 is 4.40 Å². The molecule has 0 radical (unpaired) electrons. The van der Waals surface area contributed by atoms with Crippen LogP contribution in [0.5, 0.6) is 0 Å². The molecule has 0 saturated carbocycles. The van der Waals surface area contributed by atoms with Crippen LogP contribution >= 0.6 is 0 Å². The number of rotatable bonds is 1. The van der Waals surface area contributed by atoms with Crippen LogP contribution in [-0.4, -0.2) is 9.38 Å². The van der Waals surface area contributed by atoms with Crippen molar-refractivity contribution in [1.29, 1.82) is 0 Å². The van der Waals surface area contributed by atoms with Gasteiger partial charge in [0, 0.05) is 18.0 Å². The number of hydrogen-bond donors (Lipinski definition) is 0. The van der Waals surface area contributed by atoms with Gasteiger partial charge in [0.1, 0.15) is 11.5 Å². The van der Waals surface area contributed by atoms with Crippen molar-refractivity contribution in [3.05, 3.63) is 60.2 Å². The predicted molar refractivity (Wildman–Crippen MR) is 79.3 cm³/mol. The summed E-state index contributed by atoms with van der Waals surface area (Å²) in [5, 5.41) is 0. The normalized spacial score (nSPS) is 12.0. The first kappa shape index (κ1) is 12.9. The highest BCUT2D eigenvalue weighted by molar-refractivity contribution is 5.63. The van der Waals surface area contributed by atoms with E-state index >= 15 is 0 Å². The summed E-state index contributed by atoms with van der Waals surface area (Å²) in [4.78, 5) is 4.51. The van der Waals surface area contributed by atoms with E-state index in [4.69, 9.17) is 0 Å². The maximum Gasteiger partial charge on any atom is 0.139 e. The van der Waals surface area contributed by atoms with Gasteiger partial charge in [0.25, 0.3) is 0 Å². The zero-order chi connectivity index (χ0) is 14.3. The second-order valence-electron chi connectivity index (χ2n) is 6.07. The van der Waals surface area contributed by atoms with E-state index in [-0.39, 0.29) is 11.2 Å². The summed E-state index contributed by atoms with van der Waals surface area (Å²) >= 11 is 0. The number of benzene rings is 1. The molecule has 0 amide bonds. The standard InChI is InChI=1S/C17H17FN2/c1-17(2,3)13-6-4-12(5-7-13)15-11-20-10-14(18)8-9-16(20)19-15/h4-11H,1-3H3. The molecule has 0 saturated heterocycles. The van der Waals surface area contributed by atoms with Gasteiger partial charge in [-0.2, -0.15) is 0 Å². The Hall–Kier alpha value is -2.16. The van der Waals surface area contributed by atoms with Crippen molar-refractivity contribution in [2.75, 3.05) is 0 Å². The third kappa shape index (κ3) is 2.31. The van der Waals surface area contributed by atoms with Crippen molar-refractivity contribution in [3.63, 3.8) is 0 Å². The molecule has 3 aromatic rings. The molecule has 0 unspecified atom stereocenters. The number of hydrogen-bond acceptors (Lipinski definition) is 1. The first-order chi connectivity index (χ1) is 9.43. The van der Waals surface area contributed by atoms with Gasteiger partial charge in [-0.25, -0.2) is 9.37 Å². The number of pyridine rings is 1. The molecule has 20 heavy (non-hydrogen) atoms. The molecular weight excluding hydrogens is 251 g/mol. The Morgan fingerprint density at radius 3 is 2.30 bits per heavy atom. The molecule has 0 fully saturated rings. The molecule has 2 nitrogen and oxygen atoms in total. The molecule has 102 valence electrons. The average Bonchev–Trinajstić information content (AvgIpc) is 2.80. The lowest BCUT2D eigenvalue weighted by Gasteiger charge is -2.18. The zero-order valence-corrected chi connectivity index (χ0v) is 11.9. The van der Waals surface area contributed by atoms with Gasteiger partial charge in [0.05, 0.1) is 5.69 Å². The van der Waals surface area contributed by atoms with Crippen LogP contribution < -0.4 is 0 Å². The molecule has 0 aliphatic carbocycles. The van der Waals surface area contributed by atoms with Crippen molar-refractivity contribution < 1.29 is 4.39 Å². The van der Waals surface area contributed by atoms with Gasteiger partial charge in [0.15, 0.2) is 0 Å². The number of halogens is 1. The summed E-state index contributed by atoms with van der Waals surface area (Å²) < 4.78 is 14.9. The van der Waals surface area contributed by atoms with Crippen LogP contribution in [0.4, 0.5) is 4.39 Å². The van der Waals surface area contributed by atoms with Gasteiger partial charge >= 0.3 is 0 Å². The summed E-state index contributed by atoms with van der Waals surface area (Å²) in [5.74, 6) is -0.260. The summed E-state index contributed by atoms with van der Waals surface area (Å²) in [6.45, 7) is 6.57. The Bertz CT molecular complexity index is 749. The molecular formula is C17H17FN2. The molecule has 3 heteroatoms. The maximum atomic E-state index is 13.2. The van der Waals surface area contributed by atoms with E-state index in [2.05, 4.69) is 50.0 Å². The highest BCUT2D eigenvalue weighted by Crippen LogP contribution is 2.26. The molecule has 0 bridgehead atoms. The number of aromatic nitrogens is 2. The fourth-order valence-electron chi connectivity index (χ4n) is 2.24. The van der Waals surface area contributed by atoms with E-state index in [9.17, 15) is 4.39 Å². The lowest BCUT2D eigenvalue weighted by molar-refractivity contribution is 0.590. The summed E-state index contributed by atoms with van der Waals surface area (Å²) in [7, 11) is 0. The molecule has 2 heterocycles. The quantitative estimate of drug-likeness (QED) is 0.638. The molecule has 0 N–H and O–H groups in total. The number of fused-ring (bicyclic) bond motifs is 1. The minimum absolute atomic E-state index is 0.139. The number of imidazole rings is 1. The van der Waals surface area contributed by atoms with Crippen LogP contribution in [0.2, 0.25) is 0 Å². The molecule has 0 aliphatic rings. The fraction of sp³-hybridized carbons (Fsp3) is 0.235. The maximum absolute atomic E-state index is 13.2. The molecule has 1 aromatic carbocycles. The molecule has 0 spiro atoms. The molecule has 2 aromatic heterocycles. The third-order valence-corrected chi connectivity index (χ3v) is 3.46. The van der Waals surface area contributed by atoms with E-state index < -0.39 is 0 Å². The first-order valence-corrected chi connectivity index (χ1v) is 6.69. The highest BCUT2D eigenvalue weighted by Gasteiger charge is 2.13. The van der Waals surface area contributed by atoms with E-state index in [1.165, 1.54) is 17.8 Å². The summed E-state index contributed by atoms with van der Waals surface area (Å²) in [6.07, 6.45) is 3.29. The van der Waals surface area contributed by atoms with Crippen LogP contribution in [0.1, 0.15) is 26.3 Å².